The van der Waals surface area contributed by atoms with Crippen molar-refractivity contribution in [2.75, 3.05) is 26.2 Å². The van der Waals surface area contributed by atoms with E-state index in [9.17, 15) is 9.59 Å². The number of benzene rings is 1. The van der Waals surface area contributed by atoms with Crippen LogP contribution < -0.4 is 10.6 Å². The molecule has 0 spiro atoms. The van der Waals surface area contributed by atoms with Gasteiger partial charge < -0.3 is 15.5 Å². The predicted molar refractivity (Wildman–Crippen MR) is 95.1 cm³/mol. The number of fused-ring (bicyclic) bond motifs is 1. The summed E-state index contributed by atoms with van der Waals surface area (Å²) in [6.45, 7) is 1.60. The molecular weight excluding hydrogens is 332 g/mol. The highest BCUT2D eigenvalue weighted by Gasteiger charge is 2.27. The number of hydrogen-bond donors (Lipinski definition) is 2. The van der Waals surface area contributed by atoms with Gasteiger partial charge in [0, 0.05) is 19.6 Å². The SMILES string of the molecule is N#C[C@@H]1CCCN1C(=O)CNCCNC(=O)c1cnc2ccccc2n1. The summed E-state index contributed by atoms with van der Waals surface area (Å²) in [6.07, 6.45) is 3.06. The Labute approximate surface area is 151 Å². The summed E-state index contributed by atoms with van der Waals surface area (Å²) in [6, 6.07) is 9.19. The molecule has 0 unspecified atom stereocenters. The van der Waals surface area contributed by atoms with Gasteiger partial charge in [-0.05, 0) is 25.0 Å². The maximum Gasteiger partial charge on any atom is 0.271 e. The Kier molecular flexibility index (Phi) is 5.71. The Morgan fingerprint density at radius 2 is 2.08 bits per heavy atom. The van der Waals surface area contributed by atoms with Crippen LogP contribution in [-0.2, 0) is 4.79 Å². The van der Waals surface area contributed by atoms with Crippen LogP contribution in [0.3, 0.4) is 0 Å². The Morgan fingerprint density at radius 1 is 1.27 bits per heavy atom. The zero-order valence-electron chi connectivity index (χ0n) is 14.3. The Hall–Kier alpha value is -3.05. The van der Waals surface area contributed by atoms with E-state index in [4.69, 9.17) is 5.26 Å². The minimum Gasteiger partial charge on any atom is -0.349 e. The number of para-hydroxylation sites is 2. The summed E-state index contributed by atoms with van der Waals surface area (Å²) < 4.78 is 0. The standard InChI is InChI=1S/C18H20N6O2/c19-10-13-4-3-9-24(13)17(25)12-20-7-8-21-18(26)16-11-22-14-5-1-2-6-15(14)23-16/h1-2,5-6,11,13,20H,3-4,7-9,12H2,(H,21,26)/t13-/m0/s1. The molecule has 1 aliphatic rings. The summed E-state index contributed by atoms with van der Waals surface area (Å²) in [7, 11) is 0. The molecule has 1 atom stereocenters. The van der Waals surface area contributed by atoms with Gasteiger partial charge >= 0.3 is 0 Å². The van der Waals surface area contributed by atoms with Crippen LogP contribution >= 0.6 is 0 Å². The first-order chi connectivity index (χ1) is 12.7. The van der Waals surface area contributed by atoms with Crippen molar-refractivity contribution in [1.82, 2.24) is 25.5 Å². The lowest BCUT2D eigenvalue weighted by atomic mass is 10.2. The van der Waals surface area contributed by atoms with Gasteiger partial charge in [-0.3, -0.25) is 14.6 Å². The molecule has 26 heavy (non-hydrogen) atoms. The number of nitriles is 1. The van der Waals surface area contributed by atoms with Crippen LogP contribution in [0, 0.1) is 11.3 Å². The Balaban J connectivity index is 1.41. The van der Waals surface area contributed by atoms with Crippen LogP contribution in [0.5, 0.6) is 0 Å². The molecule has 1 saturated heterocycles. The van der Waals surface area contributed by atoms with Crippen LogP contribution in [-0.4, -0.2) is 58.9 Å². The number of nitrogens with zero attached hydrogens (tertiary/aromatic N) is 4. The number of carbonyl (C=O) groups is 2. The van der Waals surface area contributed by atoms with E-state index in [-0.39, 0.29) is 30.1 Å². The number of likely N-dealkylation sites (tertiary alicyclic amines) is 1. The second kappa shape index (κ2) is 8.36. The molecule has 134 valence electrons. The fourth-order valence-corrected chi connectivity index (χ4v) is 2.92. The smallest absolute Gasteiger partial charge is 0.271 e. The van der Waals surface area contributed by atoms with Crippen molar-refractivity contribution >= 4 is 22.8 Å². The number of nitrogens with one attached hydrogen (secondary N) is 2. The van der Waals surface area contributed by atoms with E-state index in [1.807, 2.05) is 18.2 Å². The molecule has 0 bridgehead atoms. The summed E-state index contributed by atoms with van der Waals surface area (Å²) in [5, 5.41) is 14.7. The number of aromatic nitrogens is 2. The normalized spacial score (nSPS) is 16.4. The van der Waals surface area contributed by atoms with Gasteiger partial charge in [-0.1, -0.05) is 12.1 Å². The third-order valence-corrected chi connectivity index (χ3v) is 4.27. The lowest BCUT2D eigenvalue weighted by molar-refractivity contribution is -0.130. The maximum absolute atomic E-state index is 12.1. The topological polar surface area (TPSA) is 111 Å². The van der Waals surface area contributed by atoms with E-state index >= 15 is 0 Å². The van der Waals surface area contributed by atoms with Crippen molar-refractivity contribution in [3.05, 3.63) is 36.2 Å². The van der Waals surface area contributed by atoms with Gasteiger partial charge in [0.25, 0.3) is 5.91 Å². The fraction of sp³-hybridized carbons (Fsp3) is 0.389. The zero-order valence-corrected chi connectivity index (χ0v) is 14.3. The molecule has 0 aliphatic carbocycles. The lowest BCUT2D eigenvalue weighted by Gasteiger charge is -2.19. The molecular formula is C18H20N6O2. The molecule has 0 saturated carbocycles. The molecule has 2 aromatic rings. The van der Waals surface area contributed by atoms with Crippen molar-refractivity contribution in [2.45, 2.75) is 18.9 Å². The minimum absolute atomic E-state index is 0.0826. The summed E-state index contributed by atoms with van der Waals surface area (Å²) in [5.74, 6) is -0.388. The molecule has 2 heterocycles. The quantitative estimate of drug-likeness (QED) is 0.731. The second-order valence-corrected chi connectivity index (χ2v) is 6.05. The first-order valence-corrected chi connectivity index (χ1v) is 8.59. The second-order valence-electron chi connectivity index (χ2n) is 6.05. The van der Waals surface area contributed by atoms with Crippen LogP contribution in [0.4, 0.5) is 0 Å². The molecule has 3 rings (SSSR count). The largest absolute Gasteiger partial charge is 0.349 e. The van der Waals surface area contributed by atoms with Crippen LogP contribution in [0.1, 0.15) is 23.3 Å². The highest BCUT2D eigenvalue weighted by molar-refractivity contribution is 5.93. The van der Waals surface area contributed by atoms with Gasteiger partial charge in [0.1, 0.15) is 11.7 Å². The summed E-state index contributed by atoms with van der Waals surface area (Å²) in [5.41, 5.74) is 1.66. The molecule has 8 nitrogen and oxygen atoms in total. The number of carbonyl (C=O) groups excluding carboxylic acids is 2. The van der Waals surface area contributed by atoms with E-state index in [2.05, 4.69) is 26.7 Å². The summed E-state index contributed by atoms with van der Waals surface area (Å²) >= 11 is 0. The first kappa shape index (κ1) is 17.8. The van der Waals surface area contributed by atoms with Crippen LogP contribution in [0.15, 0.2) is 30.5 Å². The molecule has 1 aromatic heterocycles. The average molecular weight is 352 g/mol. The van der Waals surface area contributed by atoms with Gasteiger partial charge in [0.15, 0.2) is 0 Å². The Bertz CT molecular complexity index is 847. The van der Waals surface area contributed by atoms with E-state index < -0.39 is 0 Å². The fourth-order valence-electron chi connectivity index (χ4n) is 2.92. The van der Waals surface area contributed by atoms with E-state index in [1.165, 1.54) is 6.20 Å². The highest BCUT2D eigenvalue weighted by atomic mass is 16.2. The average Bonchev–Trinajstić information content (AvgIpc) is 3.16. The monoisotopic (exact) mass is 352 g/mol. The van der Waals surface area contributed by atoms with Crippen LogP contribution in [0.25, 0.3) is 11.0 Å². The first-order valence-electron chi connectivity index (χ1n) is 8.59. The van der Waals surface area contributed by atoms with Gasteiger partial charge in [0.05, 0.1) is 29.8 Å². The van der Waals surface area contributed by atoms with E-state index in [0.29, 0.717) is 25.2 Å². The number of amides is 2. The molecule has 1 aromatic carbocycles. The predicted octanol–water partition coefficient (Wildman–Crippen LogP) is 0.464. The molecule has 1 aliphatic heterocycles. The van der Waals surface area contributed by atoms with Gasteiger partial charge in [-0.25, -0.2) is 4.98 Å². The molecule has 2 amide bonds. The van der Waals surface area contributed by atoms with Gasteiger partial charge in [0.2, 0.25) is 5.91 Å². The van der Waals surface area contributed by atoms with Gasteiger partial charge in [-0.15, -0.1) is 0 Å². The van der Waals surface area contributed by atoms with Crippen molar-refractivity contribution < 1.29 is 9.59 Å². The Morgan fingerprint density at radius 3 is 2.88 bits per heavy atom. The highest BCUT2D eigenvalue weighted by Crippen LogP contribution is 2.15. The lowest BCUT2D eigenvalue weighted by Crippen LogP contribution is -2.42. The molecule has 1 fully saturated rings. The number of hydrogen-bond acceptors (Lipinski definition) is 6. The van der Waals surface area contributed by atoms with E-state index in [0.717, 1.165) is 18.4 Å². The molecule has 0 radical (unpaired) electrons. The molecule has 8 heteroatoms. The van der Waals surface area contributed by atoms with Crippen molar-refractivity contribution in [1.29, 1.82) is 5.26 Å². The maximum atomic E-state index is 12.1. The van der Waals surface area contributed by atoms with Crippen LogP contribution in [0.2, 0.25) is 0 Å². The zero-order chi connectivity index (χ0) is 18.4. The third kappa shape index (κ3) is 4.13. The van der Waals surface area contributed by atoms with Crippen molar-refractivity contribution in [3.8, 4) is 6.07 Å². The summed E-state index contributed by atoms with van der Waals surface area (Å²) in [4.78, 5) is 34.3. The van der Waals surface area contributed by atoms with Gasteiger partial charge in [-0.2, -0.15) is 5.26 Å². The van der Waals surface area contributed by atoms with Crippen molar-refractivity contribution in [2.24, 2.45) is 0 Å². The van der Waals surface area contributed by atoms with E-state index in [1.54, 1.807) is 11.0 Å². The minimum atomic E-state index is -0.310. The van der Waals surface area contributed by atoms with Crippen molar-refractivity contribution in [3.63, 3.8) is 0 Å². The number of rotatable bonds is 6. The molecule has 2 N–H and O–H groups in total. The third-order valence-electron chi connectivity index (χ3n) is 4.27.